The van der Waals surface area contributed by atoms with Crippen molar-refractivity contribution < 1.29 is 22.4 Å². The van der Waals surface area contributed by atoms with Crippen LogP contribution in [0.3, 0.4) is 0 Å². The lowest BCUT2D eigenvalue weighted by atomic mass is 10.3. The van der Waals surface area contributed by atoms with E-state index in [-0.39, 0.29) is 22.2 Å². The Balaban J connectivity index is 1.81. The minimum Gasteiger partial charge on any atom is -0.295 e. The molecule has 25 heavy (non-hydrogen) atoms. The summed E-state index contributed by atoms with van der Waals surface area (Å²) in [5.74, 6) is -1.22. The van der Waals surface area contributed by atoms with Gasteiger partial charge in [-0.1, -0.05) is 16.6 Å². The number of nitrogens with zero attached hydrogens (tertiary/aromatic N) is 5. The molecule has 1 aromatic carbocycles. The molecule has 130 valence electrons. The van der Waals surface area contributed by atoms with Gasteiger partial charge in [-0.2, -0.15) is 13.2 Å². The summed E-state index contributed by atoms with van der Waals surface area (Å²) in [6.45, 7) is 1.54. The molecule has 1 N–H and O–H groups in total. The zero-order valence-electron chi connectivity index (χ0n) is 12.4. The molecule has 0 fully saturated rings. The van der Waals surface area contributed by atoms with Crippen LogP contribution in [0.2, 0.25) is 0 Å². The van der Waals surface area contributed by atoms with E-state index in [2.05, 4.69) is 25.8 Å². The molecule has 7 nitrogen and oxygen atoms in total. The molecule has 3 rings (SSSR count). The Hall–Kier alpha value is -2.89. The van der Waals surface area contributed by atoms with Crippen LogP contribution in [-0.4, -0.2) is 31.1 Å². The molecular weight excluding hydrogens is 364 g/mol. The number of hydrogen-bond donors (Lipinski definition) is 1. The molecule has 0 unspecified atom stereocenters. The Morgan fingerprint density at radius 2 is 1.84 bits per heavy atom. The number of carbonyl (C=O) groups is 1. The standard InChI is InChI=1S/C13H8F4N6OS/c1-6-9(19-22-23(6)8-4-2-7(14)3-5-8)10(24)18-12-21-20-11(25-12)13(15,16)17/h2-5H,1H3,(H,18,21,24). The molecule has 12 heteroatoms. The van der Waals surface area contributed by atoms with E-state index in [9.17, 15) is 22.4 Å². The van der Waals surface area contributed by atoms with Gasteiger partial charge in [-0.3, -0.25) is 10.1 Å². The van der Waals surface area contributed by atoms with Crippen molar-refractivity contribution in [3.63, 3.8) is 0 Å². The summed E-state index contributed by atoms with van der Waals surface area (Å²) in [6, 6.07) is 5.32. The fourth-order valence-electron chi connectivity index (χ4n) is 1.91. The number of benzene rings is 1. The number of carbonyl (C=O) groups excluding carboxylic acids is 1. The highest BCUT2D eigenvalue weighted by Gasteiger charge is 2.36. The summed E-state index contributed by atoms with van der Waals surface area (Å²) in [6.07, 6.45) is -4.64. The van der Waals surface area contributed by atoms with Gasteiger partial charge in [-0.05, 0) is 31.2 Å². The molecule has 0 aliphatic heterocycles. The minimum atomic E-state index is -4.64. The van der Waals surface area contributed by atoms with Crippen molar-refractivity contribution >= 4 is 22.4 Å². The van der Waals surface area contributed by atoms with Gasteiger partial charge < -0.3 is 0 Å². The van der Waals surface area contributed by atoms with Gasteiger partial charge >= 0.3 is 6.18 Å². The second kappa shape index (κ2) is 6.20. The lowest BCUT2D eigenvalue weighted by Gasteiger charge is -2.03. The zero-order valence-corrected chi connectivity index (χ0v) is 13.2. The van der Waals surface area contributed by atoms with E-state index in [0.29, 0.717) is 11.4 Å². The van der Waals surface area contributed by atoms with Crippen molar-refractivity contribution in [3.8, 4) is 5.69 Å². The second-order valence-electron chi connectivity index (χ2n) is 4.78. The Bertz CT molecular complexity index is 917. The van der Waals surface area contributed by atoms with Gasteiger partial charge in [0.2, 0.25) is 10.1 Å². The molecule has 0 saturated carbocycles. The Morgan fingerprint density at radius 1 is 1.16 bits per heavy atom. The van der Waals surface area contributed by atoms with Gasteiger partial charge in [0.05, 0.1) is 11.4 Å². The van der Waals surface area contributed by atoms with Crippen molar-refractivity contribution in [1.29, 1.82) is 0 Å². The summed E-state index contributed by atoms with van der Waals surface area (Å²) in [5, 5.41) is 14.5. The summed E-state index contributed by atoms with van der Waals surface area (Å²) in [4.78, 5) is 12.2. The van der Waals surface area contributed by atoms with E-state index in [1.807, 2.05) is 0 Å². The van der Waals surface area contributed by atoms with Gasteiger partial charge in [-0.15, -0.1) is 15.3 Å². The fraction of sp³-hybridized carbons (Fsp3) is 0.154. The number of anilines is 1. The highest BCUT2D eigenvalue weighted by atomic mass is 32.1. The molecule has 3 aromatic rings. The second-order valence-corrected chi connectivity index (χ2v) is 5.75. The maximum atomic E-state index is 13.0. The average Bonchev–Trinajstić information content (AvgIpc) is 3.15. The third kappa shape index (κ3) is 3.47. The van der Waals surface area contributed by atoms with Crippen molar-refractivity contribution in [3.05, 3.63) is 46.5 Å². The zero-order chi connectivity index (χ0) is 18.2. The SMILES string of the molecule is Cc1c(C(=O)Nc2nnc(C(F)(F)F)s2)nnn1-c1ccc(F)cc1. The van der Waals surface area contributed by atoms with Gasteiger partial charge in [0, 0.05) is 0 Å². The van der Waals surface area contributed by atoms with Crippen LogP contribution in [0.4, 0.5) is 22.7 Å². The van der Waals surface area contributed by atoms with Gasteiger partial charge in [0.1, 0.15) is 5.82 Å². The molecule has 0 bridgehead atoms. The number of amides is 1. The minimum absolute atomic E-state index is 0.104. The number of nitrogens with one attached hydrogen (secondary N) is 1. The van der Waals surface area contributed by atoms with E-state index in [1.54, 1.807) is 6.92 Å². The maximum Gasteiger partial charge on any atom is 0.445 e. The fourth-order valence-corrected chi connectivity index (χ4v) is 2.52. The smallest absolute Gasteiger partial charge is 0.295 e. The van der Waals surface area contributed by atoms with Crippen LogP contribution in [0.5, 0.6) is 0 Å². The predicted molar refractivity (Wildman–Crippen MR) is 78.9 cm³/mol. The molecule has 2 heterocycles. The van der Waals surface area contributed by atoms with Crippen molar-refractivity contribution in [2.45, 2.75) is 13.1 Å². The van der Waals surface area contributed by atoms with Crippen molar-refractivity contribution in [2.75, 3.05) is 5.32 Å². The monoisotopic (exact) mass is 372 g/mol. The first-order valence-electron chi connectivity index (χ1n) is 6.66. The first kappa shape index (κ1) is 17.0. The predicted octanol–water partition coefficient (Wildman–Crippen LogP) is 2.84. The third-order valence-corrected chi connectivity index (χ3v) is 3.95. The maximum absolute atomic E-state index is 13.0. The number of rotatable bonds is 3. The molecule has 0 radical (unpaired) electrons. The summed E-state index contributed by atoms with van der Waals surface area (Å²) in [5.41, 5.74) is 0.693. The Morgan fingerprint density at radius 3 is 2.44 bits per heavy atom. The molecule has 0 aliphatic rings. The lowest BCUT2D eigenvalue weighted by molar-refractivity contribution is -0.138. The van der Waals surface area contributed by atoms with Crippen LogP contribution < -0.4 is 5.32 Å². The summed E-state index contributed by atoms with van der Waals surface area (Å²) in [7, 11) is 0. The van der Waals surface area contributed by atoms with Crippen molar-refractivity contribution in [1.82, 2.24) is 25.2 Å². The lowest BCUT2D eigenvalue weighted by Crippen LogP contribution is -2.14. The number of hydrogen-bond acceptors (Lipinski definition) is 6. The number of aromatic nitrogens is 5. The van der Waals surface area contributed by atoms with E-state index in [0.717, 1.165) is 0 Å². The van der Waals surface area contributed by atoms with E-state index in [1.165, 1.54) is 28.9 Å². The quantitative estimate of drug-likeness (QED) is 0.715. The van der Waals surface area contributed by atoms with Crippen LogP contribution in [0.25, 0.3) is 5.69 Å². The van der Waals surface area contributed by atoms with Crippen LogP contribution in [-0.2, 0) is 6.18 Å². The van der Waals surface area contributed by atoms with E-state index >= 15 is 0 Å². The summed E-state index contributed by atoms with van der Waals surface area (Å²) >= 11 is 0.198. The number of alkyl halides is 3. The molecule has 0 spiro atoms. The van der Waals surface area contributed by atoms with Gasteiger partial charge in [-0.25, -0.2) is 9.07 Å². The van der Waals surface area contributed by atoms with Crippen LogP contribution in [0.15, 0.2) is 24.3 Å². The molecule has 1 amide bonds. The highest BCUT2D eigenvalue weighted by Crippen LogP contribution is 2.33. The van der Waals surface area contributed by atoms with Crippen LogP contribution >= 0.6 is 11.3 Å². The van der Waals surface area contributed by atoms with E-state index in [4.69, 9.17) is 0 Å². The van der Waals surface area contributed by atoms with E-state index < -0.39 is 22.9 Å². The first-order valence-corrected chi connectivity index (χ1v) is 7.47. The van der Waals surface area contributed by atoms with Crippen LogP contribution in [0.1, 0.15) is 21.2 Å². The highest BCUT2D eigenvalue weighted by molar-refractivity contribution is 7.15. The van der Waals surface area contributed by atoms with Crippen molar-refractivity contribution in [2.24, 2.45) is 0 Å². The molecule has 2 aromatic heterocycles. The molecule has 0 saturated heterocycles. The first-order chi connectivity index (χ1) is 11.8. The van der Waals surface area contributed by atoms with Gasteiger partial charge in [0.25, 0.3) is 5.91 Å². The van der Waals surface area contributed by atoms with Crippen LogP contribution in [0, 0.1) is 12.7 Å². The molecular formula is C13H8F4N6OS. The molecule has 0 aliphatic carbocycles. The van der Waals surface area contributed by atoms with Gasteiger partial charge in [0.15, 0.2) is 5.69 Å². The normalized spacial score (nSPS) is 11.6. The topological polar surface area (TPSA) is 85.6 Å². The summed E-state index contributed by atoms with van der Waals surface area (Å²) < 4.78 is 51.7. The average molecular weight is 372 g/mol. The largest absolute Gasteiger partial charge is 0.445 e. The third-order valence-electron chi connectivity index (χ3n) is 3.07. The molecule has 0 atom stereocenters. The number of halogens is 4. The Kier molecular flexibility index (Phi) is 4.20. The Labute approximate surface area is 141 Å².